The van der Waals surface area contributed by atoms with Crippen LogP contribution in [0.2, 0.25) is 0 Å². The van der Waals surface area contributed by atoms with Gasteiger partial charge in [0.25, 0.3) is 0 Å². The fourth-order valence-corrected chi connectivity index (χ4v) is 10.5. The Balaban J connectivity index is 0.863. The van der Waals surface area contributed by atoms with Crippen LogP contribution in [0.5, 0.6) is 0 Å². The van der Waals surface area contributed by atoms with E-state index in [1.54, 1.807) is 0 Å². The molecule has 69 heavy (non-hydrogen) atoms. The molecule has 324 valence electrons. The number of hydrogen-bond donors (Lipinski definition) is 0. The molecular formula is C63H40N4O2. The van der Waals surface area contributed by atoms with Gasteiger partial charge in [0.15, 0.2) is 17.5 Å². The van der Waals surface area contributed by atoms with Crippen LogP contribution in [0.4, 0.5) is 0 Å². The Morgan fingerprint density at radius 3 is 1.72 bits per heavy atom. The number of furan rings is 2. The van der Waals surface area contributed by atoms with Gasteiger partial charge in [-0.05, 0) is 101 Å². The molecule has 0 spiro atoms. The predicted octanol–water partition coefficient (Wildman–Crippen LogP) is 16.8. The fourth-order valence-electron chi connectivity index (χ4n) is 10.5. The Morgan fingerprint density at radius 1 is 0.377 bits per heavy atom. The summed E-state index contributed by atoms with van der Waals surface area (Å²) in [6, 6.07) is 70.2. The number of benzene rings is 9. The number of fused-ring (bicyclic) bond motifs is 9. The first-order valence-corrected chi connectivity index (χ1v) is 23.5. The number of rotatable bonds is 7. The van der Waals surface area contributed by atoms with Gasteiger partial charge in [-0.2, -0.15) is 0 Å². The van der Waals surface area contributed by atoms with Crippen LogP contribution in [0.15, 0.2) is 227 Å². The monoisotopic (exact) mass is 884 g/mol. The number of para-hydroxylation sites is 1. The molecule has 0 aliphatic heterocycles. The molecule has 6 nitrogen and oxygen atoms in total. The maximum Gasteiger partial charge on any atom is 0.164 e. The number of aromatic nitrogens is 4. The molecule has 9 aromatic carbocycles. The van der Waals surface area contributed by atoms with E-state index in [2.05, 4.69) is 181 Å². The summed E-state index contributed by atoms with van der Waals surface area (Å²) in [4.78, 5) is 15.3. The van der Waals surface area contributed by atoms with E-state index < -0.39 is 0 Å². The molecule has 14 rings (SSSR count). The maximum atomic E-state index is 6.71. The number of hydrogen-bond acceptors (Lipinski definition) is 5. The molecule has 4 heterocycles. The molecule has 1 aliphatic carbocycles. The summed E-state index contributed by atoms with van der Waals surface area (Å²) < 4.78 is 15.8. The Labute approximate surface area is 396 Å². The zero-order valence-electron chi connectivity index (χ0n) is 37.3. The van der Waals surface area contributed by atoms with Crippen molar-refractivity contribution in [2.45, 2.75) is 12.8 Å². The van der Waals surface area contributed by atoms with Gasteiger partial charge in [0.05, 0.1) is 11.0 Å². The normalized spacial score (nSPS) is 12.8. The van der Waals surface area contributed by atoms with Gasteiger partial charge in [-0.15, -0.1) is 0 Å². The topological polar surface area (TPSA) is 69.9 Å². The van der Waals surface area contributed by atoms with Crippen molar-refractivity contribution < 1.29 is 8.83 Å². The molecule has 0 amide bonds. The zero-order valence-corrected chi connectivity index (χ0v) is 37.3. The second kappa shape index (κ2) is 15.8. The van der Waals surface area contributed by atoms with Gasteiger partial charge in [-0.25, -0.2) is 15.0 Å². The molecule has 0 atom stereocenters. The molecule has 0 unspecified atom stereocenters. The molecule has 6 heteroatoms. The van der Waals surface area contributed by atoms with Gasteiger partial charge in [-0.1, -0.05) is 158 Å². The number of nitrogens with zero attached hydrogens (tertiary/aromatic N) is 4. The lowest BCUT2D eigenvalue weighted by molar-refractivity contribution is 0.668. The van der Waals surface area contributed by atoms with Crippen LogP contribution >= 0.6 is 0 Å². The minimum Gasteiger partial charge on any atom is -0.456 e. The number of allylic oxidation sites excluding steroid dienone is 4. The van der Waals surface area contributed by atoms with Crippen molar-refractivity contribution >= 4 is 71.3 Å². The predicted molar refractivity (Wildman–Crippen MR) is 282 cm³/mol. The lowest BCUT2D eigenvalue weighted by atomic mass is 9.96. The Kier molecular flexibility index (Phi) is 8.92. The largest absolute Gasteiger partial charge is 0.456 e. The van der Waals surface area contributed by atoms with Gasteiger partial charge in [0, 0.05) is 60.8 Å². The molecule has 0 fully saturated rings. The minimum atomic E-state index is 0.590. The lowest BCUT2D eigenvalue weighted by Crippen LogP contribution is -2.00. The summed E-state index contributed by atoms with van der Waals surface area (Å²) in [7, 11) is 0. The highest BCUT2D eigenvalue weighted by Gasteiger charge is 2.21. The second-order valence-electron chi connectivity index (χ2n) is 17.8. The van der Waals surface area contributed by atoms with E-state index >= 15 is 0 Å². The standard InChI is InChI=1S/C63H40N4O2/c1-4-14-39(15-5-1)41-26-28-43(29-27-41)62-64-61(42-18-8-3-9-19-42)65-63(66-62)51-22-13-25-56-60(51)49-33-30-45(37-57(49)68-56)47-21-12-24-55-59(47)50-34-32-46(38-58(50)69-55)67-53-23-11-10-20-48(53)52-36-44(31-35-54(52)67)40-16-6-2-7-17-40/h1-4,6-14,16-38H,5,15H2. The Morgan fingerprint density at radius 2 is 0.971 bits per heavy atom. The second-order valence-corrected chi connectivity index (χ2v) is 17.8. The highest BCUT2D eigenvalue weighted by atomic mass is 16.3. The summed E-state index contributed by atoms with van der Waals surface area (Å²) in [6.07, 6.45) is 8.65. The summed E-state index contributed by atoms with van der Waals surface area (Å²) in [5, 5.41) is 6.50. The molecule has 1 aliphatic rings. The van der Waals surface area contributed by atoms with Crippen molar-refractivity contribution in [1.82, 2.24) is 19.5 Å². The average molecular weight is 885 g/mol. The van der Waals surface area contributed by atoms with Crippen molar-refractivity contribution in [1.29, 1.82) is 0 Å². The fraction of sp³-hybridized carbons (Fsp3) is 0.0317. The highest BCUT2D eigenvalue weighted by molar-refractivity contribution is 6.16. The summed E-state index contributed by atoms with van der Waals surface area (Å²) in [5.74, 6) is 1.83. The molecule has 0 saturated carbocycles. The van der Waals surface area contributed by atoms with E-state index in [0.29, 0.717) is 17.5 Å². The van der Waals surface area contributed by atoms with Crippen molar-refractivity contribution in [2.24, 2.45) is 0 Å². The van der Waals surface area contributed by atoms with Crippen molar-refractivity contribution in [3.63, 3.8) is 0 Å². The first-order valence-electron chi connectivity index (χ1n) is 23.5. The van der Waals surface area contributed by atoms with Crippen LogP contribution < -0.4 is 0 Å². The van der Waals surface area contributed by atoms with Gasteiger partial charge in [0.2, 0.25) is 0 Å². The summed E-state index contributed by atoms with van der Waals surface area (Å²) in [5.41, 5.74) is 16.4. The van der Waals surface area contributed by atoms with Gasteiger partial charge in [0.1, 0.15) is 22.3 Å². The highest BCUT2D eigenvalue weighted by Crippen LogP contribution is 2.43. The van der Waals surface area contributed by atoms with E-state index in [-0.39, 0.29) is 0 Å². The van der Waals surface area contributed by atoms with Crippen LogP contribution in [0.3, 0.4) is 0 Å². The third-order valence-electron chi connectivity index (χ3n) is 13.8. The Hall–Kier alpha value is -9.13. The van der Waals surface area contributed by atoms with E-state index in [1.807, 2.05) is 42.5 Å². The van der Waals surface area contributed by atoms with Crippen LogP contribution in [0, 0.1) is 0 Å². The zero-order chi connectivity index (χ0) is 45.4. The van der Waals surface area contributed by atoms with Crippen molar-refractivity contribution in [2.75, 3.05) is 0 Å². The molecular weight excluding hydrogens is 845 g/mol. The SMILES string of the molecule is C1=CCCC(c2ccc(-c3nc(-c4ccccc4)nc(-c4cccc5oc6cc(-c7cccc8oc9cc(-n%10c%11ccccc%11c%11cc(-c%12ccccc%12)ccc%11%10)ccc9c78)ccc6c45)n3)cc2)=C1. The molecule has 0 radical (unpaired) electrons. The Bertz CT molecular complexity index is 4230. The van der Waals surface area contributed by atoms with Crippen molar-refractivity contribution in [3.8, 4) is 62.1 Å². The first kappa shape index (κ1) is 39.1. The van der Waals surface area contributed by atoms with E-state index in [9.17, 15) is 0 Å². The third kappa shape index (κ3) is 6.52. The van der Waals surface area contributed by atoms with Crippen LogP contribution in [0.25, 0.3) is 133 Å². The molecule has 4 aromatic heterocycles. The van der Waals surface area contributed by atoms with Gasteiger partial charge in [-0.3, -0.25) is 0 Å². The third-order valence-corrected chi connectivity index (χ3v) is 13.8. The van der Waals surface area contributed by atoms with Gasteiger partial charge < -0.3 is 13.4 Å². The lowest BCUT2D eigenvalue weighted by Gasteiger charge is -2.11. The van der Waals surface area contributed by atoms with Crippen LogP contribution in [0.1, 0.15) is 18.4 Å². The van der Waals surface area contributed by atoms with E-state index in [0.717, 1.165) is 101 Å². The maximum absolute atomic E-state index is 6.71. The van der Waals surface area contributed by atoms with E-state index in [4.69, 9.17) is 23.8 Å². The van der Waals surface area contributed by atoms with Crippen LogP contribution in [-0.2, 0) is 0 Å². The summed E-state index contributed by atoms with van der Waals surface area (Å²) >= 11 is 0. The summed E-state index contributed by atoms with van der Waals surface area (Å²) in [6.45, 7) is 0. The minimum absolute atomic E-state index is 0.590. The van der Waals surface area contributed by atoms with Crippen molar-refractivity contribution in [3.05, 3.63) is 224 Å². The molecule has 13 aromatic rings. The van der Waals surface area contributed by atoms with Gasteiger partial charge >= 0.3 is 0 Å². The van der Waals surface area contributed by atoms with Crippen LogP contribution in [-0.4, -0.2) is 19.5 Å². The smallest absolute Gasteiger partial charge is 0.164 e. The first-order chi connectivity index (χ1) is 34.2. The van der Waals surface area contributed by atoms with E-state index in [1.165, 1.54) is 33.0 Å². The average Bonchev–Trinajstić information content (AvgIpc) is 4.10. The quantitative estimate of drug-likeness (QED) is 0.159. The molecule has 0 N–H and O–H groups in total. The molecule has 0 bridgehead atoms. The molecule has 0 saturated heterocycles.